The molecule has 82 valence electrons. The molecular formula is C8H8F2N2O3. The fourth-order valence-corrected chi connectivity index (χ4v) is 1.04. The Balaban J connectivity index is 3.41. The average Bonchev–Trinajstić information content (AvgIpc) is 2.18. The van der Waals surface area contributed by atoms with E-state index in [-0.39, 0.29) is 6.61 Å². The highest BCUT2D eigenvalue weighted by Crippen LogP contribution is 2.35. The molecule has 0 bridgehead atoms. The van der Waals surface area contributed by atoms with E-state index in [4.69, 9.17) is 10.5 Å². The molecule has 2 N–H and O–H groups in total. The van der Waals surface area contributed by atoms with Gasteiger partial charge in [-0.1, -0.05) is 0 Å². The van der Waals surface area contributed by atoms with Gasteiger partial charge in [0.05, 0.1) is 17.6 Å². The third kappa shape index (κ3) is 1.95. The molecule has 1 aromatic carbocycles. The molecule has 0 fully saturated rings. The zero-order valence-electron chi connectivity index (χ0n) is 7.79. The number of nitro groups is 1. The summed E-state index contributed by atoms with van der Waals surface area (Å²) in [5.74, 6) is -3.30. The number of ether oxygens (including phenoxy) is 1. The Morgan fingerprint density at radius 3 is 2.67 bits per heavy atom. The van der Waals surface area contributed by atoms with E-state index in [1.54, 1.807) is 0 Å². The highest BCUT2D eigenvalue weighted by atomic mass is 19.2. The van der Waals surface area contributed by atoms with Crippen molar-refractivity contribution in [1.29, 1.82) is 0 Å². The van der Waals surface area contributed by atoms with E-state index in [9.17, 15) is 18.9 Å². The van der Waals surface area contributed by atoms with E-state index in [2.05, 4.69) is 0 Å². The third-order valence-electron chi connectivity index (χ3n) is 1.68. The van der Waals surface area contributed by atoms with Crippen molar-refractivity contribution in [1.82, 2.24) is 0 Å². The van der Waals surface area contributed by atoms with E-state index in [1.165, 1.54) is 6.92 Å². The van der Waals surface area contributed by atoms with Gasteiger partial charge in [-0.3, -0.25) is 10.1 Å². The number of nitrogens with zero attached hydrogens (tertiary/aromatic N) is 1. The first-order valence-corrected chi connectivity index (χ1v) is 4.03. The lowest BCUT2D eigenvalue weighted by Gasteiger charge is -2.08. The third-order valence-corrected chi connectivity index (χ3v) is 1.68. The summed E-state index contributed by atoms with van der Waals surface area (Å²) in [6.07, 6.45) is 0. The van der Waals surface area contributed by atoms with Crippen molar-refractivity contribution in [3.63, 3.8) is 0 Å². The SMILES string of the molecule is CCOc1c(N)c([N+](=O)[O-])cc(F)c1F. The summed E-state index contributed by atoms with van der Waals surface area (Å²) in [6.45, 7) is 1.55. The first-order valence-electron chi connectivity index (χ1n) is 4.03. The Labute approximate surface area is 83.6 Å². The predicted octanol–water partition coefficient (Wildman–Crippen LogP) is 1.85. The van der Waals surface area contributed by atoms with Crippen LogP contribution in [0.5, 0.6) is 5.75 Å². The van der Waals surface area contributed by atoms with Crippen LogP contribution in [0.3, 0.4) is 0 Å². The molecule has 0 amide bonds. The van der Waals surface area contributed by atoms with Gasteiger partial charge in [-0.2, -0.15) is 4.39 Å². The average molecular weight is 218 g/mol. The standard InChI is InChI=1S/C8H8F2N2O3/c1-2-15-8-6(10)4(9)3-5(7(8)11)12(13)14/h3H,2,11H2,1H3. The molecule has 0 radical (unpaired) electrons. The van der Waals surface area contributed by atoms with Crippen LogP contribution in [0, 0.1) is 21.7 Å². The van der Waals surface area contributed by atoms with Crippen LogP contribution in [0.25, 0.3) is 0 Å². The van der Waals surface area contributed by atoms with E-state index in [0.717, 1.165) is 0 Å². The van der Waals surface area contributed by atoms with Crippen LogP contribution in [-0.2, 0) is 0 Å². The minimum Gasteiger partial charge on any atom is -0.488 e. The van der Waals surface area contributed by atoms with Gasteiger partial charge in [0.2, 0.25) is 5.82 Å². The number of nitrogen functional groups attached to an aromatic ring is 1. The highest BCUT2D eigenvalue weighted by molar-refractivity contribution is 5.67. The second-order valence-corrected chi connectivity index (χ2v) is 2.62. The molecule has 0 aliphatic rings. The lowest BCUT2D eigenvalue weighted by molar-refractivity contribution is -0.384. The smallest absolute Gasteiger partial charge is 0.299 e. The zero-order chi connectivity index (χ0) is 11.6. The number of nitrogens with two attached hydrogens (primary N) is 1. The van der Waals surface area contributed by atoms with Gasteiger partial charge in [-0.05, 0) is 6.92 Å². The molecule has 0 saturated heterocycles. The molecule has 0 aliphatic carbocycles. The molecule has 0 aliphatic heterocycles. The molecule has 15 heavy (non-hydrogen) atoms. The number of halogens is 2. The Bertz CT molecular complexity index is 409. The maximum Gasteiger partial charge on any atom is 0.299 e. The summed E-state index contributed by atoms with van der Waals surface area (Å²) in [7, 11) is 0. The lowest BCUT2D eigenvalue weighted by Crippen LogP contribution is -2.05. The summed E-state index contributed by atoms with van der Waals surface area (Å²) in [6, 6.07) is 0.424. The van der Waals surface area contributed by atoms with Crippen LogP contribution >= 0.6 is 0 Å². The molecule has 0 aromatic heterocycles. The maximum absolute atomic E-state index is 13.1. The van der Waals surface area contributed by atoms with Crippen LogP contribution in [0.1, 0.15) is 6.92 Å². The second kappa shape index (κ2) is 4.07. The largest absolute Gasteiger partial charge is 0.488 e. The molecule has 1 rings (SSSR count). The first kappa shape index (κ1) is 11.2. The van der Waals surface area contributed by atoms with Crippen LogP contribution in [0.4, 0.5) is 20.2 Å². The van der Waals surface area contributed by atoms with Gasteiger partial charge in [0, 0.05) is 0 Å². The number of benzene rings is 1. The van der Waals surface area contributed by atoms with Gasteiger partial charge in [0.25, 0.3) is 5.69 Å². The minimum atomic E-state index is -1.36. The topological polar surface area (TPSA) is 78.4 Å². The zero-order valence-corrected chi connectivity index (χ0v) is 7.79. The molecular weight excluding hydrogens is 210 g/mol. The Hall–Kier alpha value is -1.92. The van der Waals surface area contributed by atoms with E-state index >= 15 is 0 Å². The number of anilines is 1. The summed E-state index contributed by atoms with van der Waals surface area (Å²) in [5.41, 5.74) is 4.04. The van der Waals surface area contributed by atoms with Crippen molar-refractivity contribution < 1.29 is 18.4 Å². The van der Waals surface area contributed by atoms with Gasteiger partial charge in [0.1, 0.15) is 0 Å². The fraction of sp³-hybridized carbons (Fsp3) is 0.250. The van der Waals surface area contributed by atoms with E-state index in [0.29, 0.717) is 6.07 Å². The lowest BCUT2D eigenvalue weighted by atomic mass is 10.2. The van der Waals surface area contributed by atoms with Gasteiger partial charge < -0.3 is 10.5 Å². The van der Waals surface area contributed by atoms with Crippen LogP contribution in [-0.4, -0.2) is 11.5 Å². The van der Waals surface area contributed by atoms with Crippen molar-refractivity contribution in [3.8, 4) is 5.75 Å². The van der Waals surface area contributed by atoms with Crippen molar-refractivity contribution in [3.05, 3.63) is 27.8 Å². The molecule has 5 nitrogen and oxygen atoms in total. The molecule has 0 saturated carbocycles. The van der Waals surface area contributed by atoms with Crippen molar-refractivity contribution >= 4 is 11.4 Å². The molecule has 1 aromatic rings. The predicted molar refractivity (Wildman–Crippen MR) is 48.6 cm³/mol. The first-order chi connectivity index (χ1) is 6.99. The Kier molecular flexibility index (Phi) is 3.03. The minimum absolute atomic E-state index is 0.0295. The molecule has 7 heteroatoms. The van der Waals surface area contributed by atoms with Crippen molar-refractivity contribution in [2.24, 2.45) is 0 Å². The Morgan fingerprint density at radius 1 is 1.60 bits per heavy atom. The van der Waals surface area contributed by atoms with Gasteiger partial charge in [-0.25, -0.2) is 4.39 Å². The summed E-state index contributed by atoms with van der Waals surface area (Å²) < 4.78 is 30.7. The maximum atomic E-state index is 13.1. The van der Waals surface area contributed by atoms with Crippen molar-refractivity contribution in [2.45, 2.75) is 6.92 Å². The fourth-order valence-electron chi connectivity index (χ4n) is 1.04. The number of hydrogen-bond acceptors (Lipinski definition) is 4. The number of hydrogen-bond donors (Lipinski definition) is 1. The molecule has 0 spiro atoms. The molecule has 0 heterocycles. The van der Waals surface area contributed by atoms with Gasteiger partial charge in [-0.15, -0.1) is 0 Å². The van der Waals surface area contributed by atoms with Gasteiger partial charge >= 0.3 is 0 Å². The molecule has 0 unspecified atom stereocenters. The van der Waals surface area contributed by atoms with E-state index < -0.39 is 33.7 Å². The summed E-state index contributed by atoms with van der Waals surface area (Å²) in [5, 5.41) is 10.4. The normalized spacial score (nSPS) is 10.1. The Morgan fingerprint density at radius 2 is 2.20 bits per heavy atom. The van der Waals surface area contributed by atoms with Crippen LogP contribution in [0.2, 0.25) is 0 Å². The highest BCUT2D eigenvalue weighted by Gasteiger charge is 2.24. The molecule has 0 atom stereocenters. The monoisotopic (exact) mass is 218 g/mol. The van der Waals surface area contributed by atoms with Gasteiger partial charge in [0.15, 0.2) is 17.3 Å². The summed E-state index contributed by atoms with van der Waals surface area (Å²) in [4.78, 5) is 9.52. The van der Waals surface area contributed by atoms with Crippen LogP contribution < -0.4 is 10.5 Å². The quantitative estimate of drug-likeness (QED) is 0.477. The summed E-state index contributed by atoms with van der Waals surface area (Å²) >= 11 is 0. The number of rotatable bonds is 3. The van der Waals surface area contributed by atoms with Crippen LogP contribution in [0.15, 0.2) is 6.07 Å². The number of nitro benzene ring substituents is 1. The van der Waals surface area contributed by atoms with E-state index in [1.807, 2.05) is 0 Å². The van der Waals surface area contributed by atoms with Crippen molar-refractivity contribution in [2.75, 3.05) is 12.3 Å². The second-order valence-electron chi connectivity index (χ2n) is 2.62.